The van der Waals surface area contributed by atoms with Gasteiger partial charge in [0.1, 0.15) is 5.02 Å². The van der Waals surface area contributed by atoms with Gasteiger partial charge in [0, 0.05) is 35.7 Å². The zero-order valence-electron chi connectivity index (χ0n) is 20.6. The van der Waals surface area contributed by atoms with Gasteiger partial charge in [0.25, 0.3) is 0 Å². The molecule has 0 bridgehead atoms. The molecule has 5 rings (SSSR count). The van der Waals surface area contributed by atoms with Crippen LogP contribution in [0, 0.1) is 17.3 Å². The topological polar surface area (TPSA) is 81.6 Å². The highest BCUT2D eigenvalue weighted by Crippen LogP contribution is 2.45. The first-order valence-corrected chi connectivity index (χ1v) is 13.7. The number of benzene rings is 1. The first-order valence-electron chi connectivity index (χ1n) is 12.6. The number of nitrogens with one attached hydrogen (secondary N) is 1. The van der Waals surface area contributed by atoms with E-state index in [9.17, 15) is 9.90 Å². The van der Waals surface area contributed by atoms with Gasteiger partial charge in [-0.25, -0.2) is 4.98 Å². The Bertz CT molecular complexity index is 1140. The van der Waals surface area contributed by atoms with Crippen molar-refractivity contribution < 1.29 is 9.90 Å². The molecule has 1 aromatic carbocycles. The lowest BCUT2D eigenvalue weighted by Gasteiger charge is -2.52. The van der Waals surface area contributed by atoms with Crippen LogP contribution in [-0.4, -0.2) is 58.2 Å². The maximum Gasteiger partial charge on any atom is 0.309 e. The van der Waals surface area contributed by atoms with E-state index >= 15 is 0 Å². The van der Waals surface area contributed by atoms with Gasteiger partial charge in [0.05, 0.1) is 17.7 Å². The Morgan fingerprint density at radius 3 is 2.61 bits per heavy atom. The molecule has 7 nitrogen and oxygen atoms in total. The minimum absolute atomic E-state index is 0.109. The minimum atomic E-state index is -0.663. The molecule has 1 aromatic heterocycles. The Kier molecular flexibility index (Phi) is 7.29. The molecule has 2 atom stereocenters. The standard InChI is InChI=1S/C26H32Cl3N5O2/c1-15(20-6-5-18(27)8-21(20)28)31-23-22(29)11-30-25(32-23)34-13-17(14-34)16-4-3-7-33(12-16)19-9-26(2,10-19)24(35)36/h5-6,8,11,15-17,19H,3-4,7,9-10,12-14H2,1-2H3,(H,35,36)(H,30,31,32). The summed E-state index contributed by atoms with van der Waals surface area (Å²) in [7, 11) is 0. The molecule has 10 heteroatoms. The highest BCUT2D eigenvalue weighted by molar-refractivity contribution is 6.35. The summed E-state index contributed by atoms with van der Waals surface area (Å²) in [4.78, 5) is 25.4. The first kappa shape index (κ1) is 25.8. The zero-order chi connectivity index (χ0) is 25.6. The van der Waals surface area contributed by atoms with Crippen LogP contribution < -0.4 is 10.2 Å². The quantitative estimate of drug-likeness (QED) is 0.435. The molecule has 0 amide bonds. The lowest BCUT2D eigenvalue weighted by molar-refractivity contribution is -0.158. The molecule has 36 heavy (non-hydrogen) atoms. The van der Waals surface area contributed by atoms with E-state index in [0.29, 0.717) is 44.7 Å². The number of piperidine rings is 1. The van der Waals surface area contributed by atoms with Crippen molar-refractivity contribution in [1.82, 2.24) is 14.9 Å². The number of aromatic nitrogens is 2. The van der Waals surface area contributed by atoms with Crippen molar-refractivity contribution in [1.29, 1.82) is 0 Å². The van der Waals surface area contributed by atoms with Crippen LogP contribution in [0.2, 0.25) is 15.1 Å². The Hall–Kier alpha value is -1.80. The third kappa shape index (κ3) is 5.13. The van der Waals surface area contributed by atoms with Crippen molar-refractivity contribution in [2.75, 3.05) is 36.4 Å². The van der Waals surface area contributed by atoms with Crippen LogP contribution in [0.4, 0.5) is 11.8 Å². The number of nitrogens with zero attached hydrogens (tertiary/aromatic N) is 4. The van der Waals surface area contributed by atoms with E-state index in [1.165, 1.54) is 12.8 Å². The molecule has 0 spiro atoms. The number of rotatable bonds is 7. The number of likely N-dealkylation sites (tertiary alicyclic amines) is 1. The summed E-state index contributed by atoms with van der Waals surface area (Å²) in [6.07, 6.45) is 5.58. The Balaban J connectivity index is 1.17. The van der Waals surface area contributed by atoms with E-state index in [0.717, 1.165) is 44.6 Å². The summed E-state index contributed by atoms with van der Waals surface area (Å²) in [5.41, 5.74) is 0.372. The van der Waals surface area contributed by atoms with Crippen molar-refractivity contribution in [3.05, 3.63) is 45.0 Å². The number of halogens is 3. The Morgan fingerprint density at radius 1 is 1.17 bits per heavy atom. The van der Waals surface area contributed by atoms with Gasteiger partial charge in [-0.2, -0.15) is 4.98 Å². The van der Waals surface area contributed by atoms with Gasteiger partial charge in [-0.1, -0.05) is 40.9 Å². The summed E-state index contributed by atoms with van der Waals surface area (Å²) < 4.78 is 0. The number of aliphatic carboxylic acids is 1. The molecule has 2 aromatic rings. The molecule has 3 heterocycles. The van der Waals surface area contributed by atoms with Gasteiger partial charge < -0.3 is 20.2 Å². The largest absolute Gasteiger partial charge is 0.481 e. The highest BCUT2D eigenvalue weighted by Gasteiger charge is 2.49. The van der Waals surface area contributed by atoms with Gasteiger partial charge in [0.15, 0.2) is 5.82 Å². The maximum absolute atomic E-state index is 11.5. The van der Waals surface area contributed by atoms with Crippen molar-refractivity contribution >= 4 is 52.5 Å². The maximum atomic E-state index is 11.5. The summed E-state index contributed by atoms with van der Waals surface area (Å²) in [6.45, 7) is 7.87. The highest BCUT2D eigenvalue weighted by atomic mass is 35.5. The van der Waals surface area contributed by atoms with E-state index in [4.69, 9.17) is 39.8 Å². The monoisotopic (exact) mass is 551 g/mol. The van der Waals surface area contributed by atoms with E-state index in [1.807, 2.05) is 26.0 Å². The second-order valence-electron chi connectivity index (χ2n) is 10.9. The van der Waals surface area contributed by atoms with Crippen LogP contribution in [0.1, 0.15) is 51.1 Å². The van der Waals surface area contributed by atoms with Crippen LogP contribution in [0.15, 0.2) is 24.4 Å². The van der Waals surface area contributed by atoms with Crippen LogP contribution in [0.25, 0.3) is 0 Å². The van der Waals surface area contributed by atoms with Crippen molar-refractivity contribution in [3.63, 3.8) is 0 Å². The molecule has 2 unspecified atom stereocenters. The molecular weight excluding hydrogens is 521 g/mol. The summed E-state index contributed by atoms with van der Waals surface area (Å²) in [5.74, 6) is 1.82. The zero-order valence-corrected chi connectivity index (χ0v) is 22.8. The fourth-order valence-corrected chi connectivity index (χ4v) is 6.61. The molecule has 1 saturated carbocycles. The van der Waals surface area contributed by atoms with Crippen LogP contribution >= 0.6 is 34.8 Å². The van der Waals surface area contributed by atoms with Crippen LogP contribution in [0.3, 0.4) is 0 Å². The predicted molar refractivity (Wildman–Crippen MR) is 144 cm³/mol. The van der Waals surface area contributed by atoms with Crippen molar-refractivity contribution in [2.45, 2.75) is 51.6 Å². The smallest absolute Gasteiger partial charge is 0.309 e. The van der Waals surface area contributed by atoms with Crippen molar-refractivity contribution in [3.8, 4) is 0 Å². The number of hydrogen-bond acceptors (Lipinski definition) is 6. The number of hydrogen-bond donors (Lipinski definition) is 2. The normalized spacial score (nSPS) is 27.8. The minimum Gasteiger partial charge on any atom is -0.481 e. The number of anilines is 2. The number of carbonyl (C=O) groups is 1. The SMILES string of the molecule is CC(Nc1nc(N2CC(C3CCCN(C4CC(C)(C(=O)O)C4)C3)C2)ncc1Cl)c1ccc(Cl)cc1Cl. The molecule has 1 aliphatic carbocycles. The Morgan fingerprint density at radius 2 is 1.92 bits per heavy atom. The molecule has 3 fully saturated rings. The summed E-state index contributed by atoms with van der Waals surface area (Å²) in [5, 5.41) is 14.5. The molecule has 2 aliphatic heterocycles. The molecule has 2 saturated heterocycles. The molecule has 2 N–H and O–H groups in total. The first-order chi connectivity index (χ1) is 17.1. The third-order valence-electron chi connectivity index (χ3n) is 8.27. The lowest BCUT2D eigenvalue weighted by Crippen LogP contribution is -2.58. The second-order valence-corrected chi connectivity index (χ2v) is 12.1. The fraction of sp³-hybridized carbons (Fsp3) is 0.577. The van der Waals surface area contributed by atoms with E-state index in [1.54, 1.807) is 12.3 Å². The second kappa shape index (κ2) is 10.2. The Labute approximate surface area is 227 Å². The summed E-state index contributed by atoms with van der Waals surface area (Å²) in [6, 6.07) is 5.75. The molecular formula is C26H32Cl3N5O2. The van der Waals surface area contributed by atoms with E-state index in [-0.39, 0.29) is 6.04 Å². The van der Waals surface area contributed by atoms with Gasteiger partial charge in [-0.05, 0) is 75.6 Å². The van der Waals surface area contributed by atoms with Gasteiger partial charge in [0.2, 0.25) is 5.95 Å². The van der Waals surface area contributed by atoms with Gasteiger partial charge in [-0.15, -0.1) is 0 Å². The van der Waals surface area contributed by atoms with Gasteiger partial charge in [-0.3, -0.25) is 4.79 Å². The van der Waals surface area contributed by atoms with Crippen LogP contribution in [0.5, 0.6) is 0 Å². The van der Waals surface area contributed by atoms with Gasteiger partial charge >= 0.3 is 5.97 Å². The van der Waals surface area contributed by atoms with Crippen LogP contribution in [-0.2, 0) is 4.79 Å². The molecule has 0 radical (unpaired) electrons. The van der Waals surface area contributed by atoms with E-state index < -0.39 is 11.4 Å². The van der Waals surface area contributed by atoms with Crippen molar-refractivity contribution in [2.24, 2.45) is 17.3 Å². The van der Waals surface area contributed by atoms with E-state index in [2.05, 4.69) is 20.1 Å². The molecule has 194 valence electrons. The average Bonchev–Trinajstić information content (AvgIpc) is 2.78. The lowest BCUT2D eigenvalue weighted by atomic mass is 9.65. The molecule has 3 aliphatic rings. The predicted octanol–water partition coefficient (Wildman–Crippen LogP) is 6.01. The number of carboxylic acid groups (broad SMARTS) is 1. The fourth-order valence-electron chi connectivity index (χ4n) is 5.89. The third-order valence-corrected chi connectivity index (χ3v) is 9.11. The average molecular weight is 553 g/mol. The number of carboxylic acids is 1. The summed E-state index contributed by atoms with van der Waals surface area (Å²) >= 11 is 18.8.